The maximum Gasteiger partial charge on any atom is 0.118 e. The Kier molecular flexibility index (Phi) is 4.88. The zero-order chi connectivity index (χ0) is 17.2. The number of thiazole rings is 1. The van der Waals surface area contributed by atoms with Gasteiger partial charge in [0.2, 0.25) is 0 Å². The van der Waals surface area contributed by atoms with Crippen molar-refractivity contribution >= 4 is 56.8 Å². The SMILES string of the molecule is CCN1/C(=C/C(=C/c2nc3ccccc3s2)SC)Sc2ccccc21. The van der Waals surface area contributed by atoms with Crippen molar-refractivity contribution in [1.82, 2.24) is 4.98 Å². The molecule has 126 valence electrons. The van der Waals surface area contributed by atoms with Crippen molar-refractivity contribution in [1.29, 1.82) is 0 Å². The van der Waals surface area contributed by atoms with Crippen LogP contribution < -0.4 is 4.90 Å². The van der Waals surface area contributed by atoms with Crippen LogP contribution in [0.1, 0.15) is 11.9 Å². The molecule has 0 atom stereocenters. The number of rotatable bonds is 4. The lowest BCUT2D eigenvalue weighted by atomic mass is 10.3. The minimum Gasteiger partial charge on any atom is -0.335 e. The molecule has 4 rings (SSSR count). The summed E-state index contributed by atoms with van der Waals surface area (Å²) in [4.78, 5) is 9.67. The van der Waals surface area contributed by atoms with Crippen LogP contribution in [0.15, 0.2) is 69.4 Å². The van der Waals surface area contributed by atoms with Crippen LogP contribution in [-0.4, -0.2) is 17.8 Å². The van der Waals surface area contributed by atoms with Gasteiger partial charge in [0.25, 0.3) is 0 Å². The molecule has 0 saturated carbocycles. The minimum absolute atomic E-state index is 0.971. The van der Waals surface area contributed by atoms with Gasteiger partial charge in [0.15, 0.2) is 0 Å². The van der Waals surface area contributed by atoms with Crippen LogP contribution in [0.2, 0.25) is 0 Å². The molecule has 2 aromatic carbocycles. The molecular weight excluding hydrogens is 364 g/mol. The summed E-state index contributed by atoms with van der Waals surface area (Å²) >= 11 is 5.35. The maximum atomic E-state index is 4.73. The Morgan fingerprint density at radius 3 is 2.76 bits per heavy atom. The van der Waals surface area contributed by atoms with Crippen molar-refractivity contribution in [3.8, 4) is 0 Å². The van der Waals surface area contributed by atoms with Crippen molar-refractivity contribution in [2.24, 2.45) is 0 Å². The Hall–Kier alpha value is -1.69. The smallest absolute Gasteiger partial charge is 0.118 e. The fourth-order valence-electron chi connectivity index (χ4n) is 2.84. The van der Waals surface area contributed by atoms with Crippen molar-refractivity contribution in [2.45, 2.75) is 11.8 Å². The van der Waals surface area contributed by atoms with Gasteiger partial charge >= 0.3 is 0 Å². The van der Waals surface area contributed by atoms with E-state index < -0.39 is 0 Å². The highest BCUT2D eigenvalue weighted by Gasteiger charge is 2.23. The molecule has 0 unspecified atom stereocenters. The average molecular weight is 383 g/mol. The normalized spacial score (nSPS) is 16.0. The molecule has 0 bridgehead atoms. The summed E-state index contributed by atoms with van der Waals surface area (Å²) in [5.74, 6) is 0. The minimum atomic E-state index is 0.971. The van der Waals surface area contributed by atoms with Gasteiger partial charge in [-0.2, -0.15) is 0 Å². The number of para-hydroxylation sites is 2. The van der Waals surface area contributed by atoms with E-state index in [9.17, 15) is 0 Å². The van der Waals surface area contributed by atoms with Crippen LogP contribution in [0.25, 0.3) is 16.3 Å². The standard InChI is InChI=1S/C20H18N2S3/c1-3-22-16-9-5-7-11-18(16)25-20(22)13-14(23-2)12-19-21-15-8-4-6-10-17(15)24-19/h4-13H,3H2,1-2H3/b14-12-,20-13-. The number of aromatic nitrogens is 1. The zero-order valence-electron chi connectivity index (χ0n) is 14.1. The van der Waals surface area contributed by atoms with Gasteiger partial charge in [-0.15, -0.1) is 23.1 Å². The molecule has 0 amide bonds. The number of fused-ring (bicyclic) bond motifs is 2. The molecule has 5 heteroatoms. The molecule has 0 N–H and O–H groups in total. The second kappa shape index (κ2) is 7.28. The van der Waals surface area contributed by atoms with Crippen LogP contribution in [0, 0.1) is 0 Å². The summed E-state index contributed by atoms with van der Waals surface area (Å²) in [6.45, 7) is 3.17. The lowest BCUT2D eigenvalue weighted by molar-refractivity contribution is 1.00. The highest BCUT2D eigenvalue weighted by atomic mass is 32.2. The first-order valence-corrected chi connectivity index (χ1v) is 11.0. The fourth-order valence-corrected chi connectivity index (χ4v) is 5.55. The maximum absolute atomic E-state index is 4.73. The van der Waals surface area contributed by atoms with Gasteiger partial charge in [-0.1, -0.05) is 36.0 Å². The van der Waals surface area contributed by atoms with E-state index in [0.29, 0.717) is 0 Å². The lowest BCUT2D eigenvalue weighted by Gasteiger charge is -2.18. The van der Waals surface area contributed by atoms with E-state index in [1.165, 1.54) is 25.2 Å². The van der Waals surface area contributed by atoms with E-state index in [1.54, 1.807) is 23.1 Å². The zero-order valence-corrected chi connectivity index (χ0v) is 16.5. The number of benzene rings is 2. The molecule has 2 heterocycles. The van der Waals surface area contributed by atoms with Crippen molar-refractivity contribution in [3.63, 3.8) is 0 Å². The van der Waals surface area contributed by atoms with Crippen LogP contribution in [-0.2, 0) is 0 Å². The quantitative estimate of drug-likeness (QED) is 0.513. The Bertz CT molecular complexity index is 939. The van der Waals surface area contributed by atoms with Crippen LogP contribution in [0.3, 0.4) is 0 Å². The van der Waals surface area contributed by atoms with E-state index in [0.717, 1.165) is 17.1 Å². The number of allylic oxidation sites excluding steroid dienone is 1. The summed E-state index contributed by atoms with van der Waals surface area (Å²) in [5, 5.41) is 2.34. The van der Waals surface area contributed by atoms with Crippen molar-refractivity contribution in [3.05, 3.63) is 69.5 Å². The summed E-state index contributed by atoms with van der Waals surface area (Å²) in [6, 6.07) is 16.9. The van der Waals surface area contributed by atoms with Crippen LogP contribution in [0.5, 0.6) is 0 Å². The number of anilines is 1. The van der Waals surface area contributed by atoms with Gasteiger partial charge in [-0.25, -0.2) is 4.98 Å². The second-order valence-electron chi connectivity index (χ2n) is 5.57. The Morgan fingerprint density at radius 1 is 1.16 bits per heavy atom. The molecular formula is C20H18N2S3. The summed E-state index contributed by atoms with van der Waals surface area (Å²) in [7, 11) is 0. The van der Waals surface area contributed by atoms with Gasteiger partial charge in [0.05, 0.1) is 20.9 Å². The molecule has 1 aliphatic heterocycles. The molecule has 25 heavy (non-hydrogen) atoms. The number of hydrogen-bond acceptors (Lipinski definition) is 5. The Balaban J connectivity index is 1.68. The van der Waals surface area contributed by atoms with E-state index >= 15 is 0 Å². The molecule has 1 aliphatic rings. The van der Waals surface area contributed by atoms with Gasteiger partial charge in [0, 0.05) is 16.3 Å². The highest BCUT2D eigenvalue weighted by Crippen LogP contribution is 2.46. The third kappa shape index (κ3) is 3.36. The van der Waals surface area contributed by atoms with Crippen LogP contribution >= 0.6 is 34.9 Å². The molecule has 0 aliphatic carbocycles. The molecule has 0 spiro atoms. The lowest BCUT2D eigenvalue weighted by Crippen LogP contribution is -2.16. The summed E-state index contributed by atoms with van der Waals surface area (Å²) in [5.41, 5.74) is 2.38. The first-order chi connectivity index (χ1) is 12.3. The highest BCUT2D eigenvalue weighted by molar-refractivity contribution is 8.04. The molecule has 2 nitrogen and oxygen atoms in total. The number of hydrogen-bond donors (Lipinski definition) is 0. The van der Waals surface area contributed by atoms with Crippen molar-refractivity contribution < 1.29 is 0 Å². The van der Waals surface area contributed by atoms with E-state index in [-0.39, 0.29) is 0 Å². The third-order valence-electron chi connectivity index (χ3n) is 4.03. The Morgan fingerprint density at radius 2 is 1.96 bits per heavy atom. The molecule has 0 saturated heterocycles. The fraction of sp³-hybridized carbons (Fsp3) is 0.150. The van der Waals surface area contributed by atoms with Gasteiger partial charge in [0.1, 0.15) is 5.01 Å². The van der Waals surface area contributed by atoms with Crippen LogP contribution in [0.4, 0.5) is 5.69 Å². The summed E-state index contributed by atoms with van der Waals surface area (Å²) < 4.78 is 1.24. The van der Waals surface area contributed by atoms with Gasteiger partial charge in [-0.05, 0) is 49.6 Å². The number of thioether (sulfide) groups is 2. The van der Waals surface area contributed by atoms with Gasteiger partial charge in [-0.3, -0.25) is 0 Å². The average Bonchev–Trinajstić information content (AvgIpc) is 3.20. The predicted molar refractivity (Wildman–Crippen MR) is 115 cm³/mol. The predicted octanol–water partition coefficient (Wildman–Crippen LogP) is 6.47. The van der Waals surface area contributed by atoms with Gasteiger partial charge < -0.3 is 4.90 Å². The first kappa shape index (κ1) is 16.8. The molecule has 3 aromatic rings. The van der Waals surface area contributed by atoms with E-state index in [1.807, 2.05) is 17.8 Å². The first-order valence-electron chi connectivity index (χ1n) is 8.16. The summed E-state index contributed by atoms with van der Waals surface area (Å²) in [6.07, 6.45) is 6.60. The molecule has 0 radical (unpaired) electrons. The molecule has 1 aromatic heterocycles. The van der Waals surface area contributed by atoms with Crippen molar-refractivity contribution in [2.75, 3.05) is 17.7 Å². The monoisotopic (exact) mass is 382 g/mol. The number of nitrogens with zero attached hydrogens (tertiary/aromatic N) is 2. The van der Waals surface area contributed by atoms with E-state index in [2.05, 4.69) is 72.7 Å². The Labute approximate surface area is 160 Å². The third-order valence-corrected chi connectivity index (χ3v) is 6.83. The second-order valence-corrected chi connectivity index (χ2v) is 8.57. The van der Waals surface area contributed by atoms with E-state index in [4.69, 9.17) is 4.98 Å². The largest absolute Gasteiger partial charge is 0.335 e. The molecule has 0 fully saturated rings. The topological polar surface area (TPSA) is 16.1 Å².